The number of amides is 1. The molecule has 1 fully saturated rings. The minimum Gasteiger partial charge on any atom is -1.00 e. The van der Waals surface area contributed by atoms with Crippen molar-refractivity contribution in [3.05, 3.63) is 12.4 Å². The van der Waals surface area contributed by atoms with Crippen LogP contribution in [0.25, 0.3) is 0 Å². The highest BCUT2D eigenvalue weighted by atomic mass is 35.5. The van der Waals surface area contributed by atoms with E-state index in [1.807, 2.05) is 12.5 Å². The maximum atomic E-state index is 11.2. The van der Waals surface area contributed by atoms with Gasteiger partial charge in [-0.05, 0) is 12.8 Å². The number of halogens is 1. The number of nitrogens with one attached hydrogen (secondary N) is 2. The van der Waals surface area contributed by atoms with Crippen molar-refractivity contribution in [2.45, 2.75) is 19.3 Å². The van der Waals surface area contributed by atoms with Gasteiger partial charge >= 0.3 is 0 Å². The molecule has 0 radical (unpaired) electrons. The second-order valence-corrected chi connectivity index (χ2v) is 3.84. The summed E-state index contributed by atoms with van der Waals surface area (Å²) in [4.78, 5) is 16.5. The summed E-state index contributed by atoms with van der Waals surface area (Å²) in [5.41, 5.74) is 0. The zero-order valence-corrected chi connectivity index (χ0v) is 9.33. The minimum absolute atomic E-state index is 0. The van der Waals surface area contributed by atoms with E-state index in [0.717, 1.165) is 32.4 Å². The number of rotatable bonds is 5. The van der Waals surface area contributed by atoms with Crippen LogP contribution in [0, 0.1) is 5.92 Å². The molecular formula is C10H16ClN3O. The molecule has 0 bridgehead atoms. The average Bonchev–Trinajstić information content (AvgIpc) is 2.92. The first-order valence-corrected chi connectivity index (χ1v) is 5.19. The van der Waals surface area contributed by atoms with Gasteiger partial charge in [-0.15, -0.1) is 0 Å². The lowest BCUT2D eigenvalue weighted by atomic mass is 10.3. The van der Waals surface area contributed by atoms with Gasteiger partial charge in [0.25, 0.3) is 0 Å². The number of quaternary nitrogens is 1. The lowest BCUT2D eigenvalue weighted by Crippen LogP contribution is -3.05. The fourth-order valence-corrected chi connectivity index (χ4v) is 1.46. The molecule has 4 nitrogen and oxygen atoms in total. The number of carbonyl (C=O) groups excluding carboxylic acids is 1. The topological polar surface area (TPSA) is 45.9 Å². The zero-order valence-electron chi connectivity index (χ0n) is 8.58. The molecule has 2 aliphatic rings. The summed E-state index contributed by atoms with van der Waals surface area (Å²) < 4.78 is 0. The molecule has 15 heavy (non-hydrogen) atoms. The van der Waals surface area contributed by atoms with Crippen molar-refractivity contribution in [1.82, 2.24) is 5.32 Å². The number of hydrogen-bond acceptors (Lipinski definition) is 2. The third-order valence-electron chi connectivity index (χ3n) is 2.50. The van der Waals surface area contributed by atoms with Gasteiger partial charge in [-0.3, -0.25) is 9.69 Å². The minimum atomic E-state index is 0. The number of aliphatic imine (C=N–C) groups is 1. The molecule has 1 atom stereocenters. The van der Waals surface area contributed by atoms with Crippen LogP contribution < -0.4 is 22.6 Å². The van der Waals surface area contributed by atoms with E-state index in [0.29, 0.717) is 5.92 Å². The molecule has 2 N–H and O–H groups in total. The highest BCUT2D eigenvalue weighted by molar-refractivity contribution is 5.80. The van der Waals surface area contributed by atoms with E-state index in [9.17, 15) is 4.79 Å². The van der Waals surface area contributed by atoms with E-state index < -0.39 is 0 Å². The molecule has 1 heterocycles. The highest BCUT2D eigenvalue weighted by Crippen LogP contribution is 2.28. The zero-order chi connectivity index (χ0) is 9.80. The molecule has 1 aliphatic carbocycles. The van der Waals surface area contributed by atoms with Gasteiger partial charge in [-0.1, -0.05) is 0 Å². The van der Waals surface area contributed by atoms with Crippen LogP contribution in [0.1, 0.15) is 19.3 Å². The Bertz CT molecular complexity index is 262. The summed E-state index contributed by atoms with van der Waals surface area (Å²) in [5.74, 6) is 0.571. The fourth-order valence-electron chi connectivity index (χ4n) is 1.46. The molecule has 1 saturated carbocycles. The summed E-state index contributed by atoms with van der Waals surface area (Å²) >= 11 is 0. The van der Waals surface area contributed by atoms with E-state index in [-0.39, 0.29) is 18.3 Å². The summed E-state index contributed by atoms with van der Waals surface area (Å²) in [6.45, 7) is 1.80. The molecule has 0 spiro atoms. The normalized spacial score (nSPS) is 22.5. The Hall–Kier alpha value is -0.870. The monoisotopic (exact) mass is 229 g/mol. The predicted molar refractivity (Wildman–Crippen MR) is 53.8 cm³/mol. The number of nitrogens with zero attached hydrogens (tertiary/aromatic N) is 1. The van der Waals surface area contributed by atoms with E-state index in [1.165, 1.54) is 4.90 Å². The molecule has 1 amide bonds. The maximum Gasteiger partial charge on any atom is 0.223 e. The Morgan fingerprint density at radius 1 is 1.53 bits per heavy atom. The van der Waals surface area contributed by atoms with Gasteiger partial charge in [-0.2, -0.15) is 0 Å². The Kier molecular flexibility index (Phi) is 4.78. The Labute approximate surface area is 95.8 Å². The highest BCUT2D eigenvalue weighted by Gasteiger charge is 2.28. The summed E-state index contributed by atoms with van der Waals surface area (Å²) in [7, 11) is 0. The van der Waals surface area contributed by atoms with Crippen molar-refractivity contribution in [2.75, 3.05) is 13.1 Å². The van der Waals surface area contributed by atoms with Gasteiger partial charge in [0, 0.05) is 18.9 Å². The van der Waals surface area contributed by atoms with Gasteiger partial charge < -0.3 is 17.7 Å². The first-order chi connectivity index (χ1) is 6.86. The van der Waals surface area contributed by atoms with Crippen LogP contribution in [0.3, 0.4) is 0 Å². The van der Waals surface area contributed by atoms with Crippen molar-refractivity contribution in [2.24, 2.45) is 10.9 Å². The molecule has 2 rings (SSSR count). The molecular weight excluding hydrogens is 214 g/mol. The predicted octanol–water partition coefficient (Wildman–Crippen LogP) is -3.70. The van der Waals surface area contributed by atoms with Crippen molar-refractivity contribution in [3.63, 3.8) is 0 Å². The number of hydrogen-bond donors (Lipinski definition) is 2. The molecule has 0 aromatic carbocycles. The average molecular weight is 230 g/mol. The third-order valence-corrected chi connectivity index (χ3v) is 2.50. The molecule has 0 saturated heterocycles. The van der Waals surface area contributed by atoms with Crippen LogP contribution in [-0.4, -0.2) is 25.3 Å². The van der Waals surface area contributed by atoms with Crippen molar-refractivity contribution < 1.29 is 22.1 Å². The Morgan fingerprint density at radius 2 is 2.33 bits per heavy atom. The summed E-state index contributed by atoms with van der Waals surface area (Å²) in [6.07, 6.45) is 8.87. The molecule has 5 heteroatoms. The smallest absolute Gasteiger partial charge is 0.223 e. The van der Waals surface area contributed by atoms with E-state index >= 15 is 0 Å². The van der Waals surface area contributed by atoms with Crippen LogP contribution in [0.5, 0.6) is 0 Å². The van der Waals surface area contributed by atoms with Gasteiger partial charge in [0.05, 0.1) is 12.7 Å². The van der Waals surface area contributed by atoms with Crippen LogP contribution >= 0.6 is 0 Å². The SMILES string of the molecule is O=C(NCCC[NH+]1C=CN=C1)C1CC1.[Cl-]. The first-order valence-electron chi connectivity index (χ1n) is 5.19. The Balaban J connectivity index is 0.00000112. The lowest BCUT2D eigenvalue weighted by Gasteiger charge is -2.06. The Morgan fingerprint density at radius 3 is 2.93 bits per heavy atom. The third kappa shape index (κ3) is 4.01. The van der Waals surface area contributed by atoms with Crippen molar-refractivity contribution >= 4 is 12.2 Å². The second-order valence-electron chi connectivity index (χ2n) is 3.84. The van der Waals surface area contributed by atoms with E-state index in [2.05, 4.69) is 10.3 Å². The van der Waals surface area contributed by atoms with Crippen molar-refractivity contribution in [3.8, 4) is 0 Å². The van der Waals surface area contributed by atoms with Gasteiger partial charge in [0.1, 0.15) is 6.20 Å². The molecule has 84 valence electrons. The fraction of sp³-hybridized carbons (Fsp3) is 0.600. The van der Waals surface area contributed by atoms with Crippen LogP contribution in [-0.2, 0) is 4.79 Å². The van der Waals surface area contributed by atoms with Gasteiger partial charge in [0.2, 0.25) is 5.91 Å². The molecule has 1 aliphatic heterocycles. The first kappa shape index (κ1) is 12.2. The quantitative estimate of drug-likeness (QED) is 0.469. The van der Waals surface area contributed by atoms with Gasteiger partial charge in [-0.25, -0.2) is 4.99 Å². The van der Waals surface area contributed by atoms with Crippen LogP contribution in [0.15, 0.2) is 17.4 Å². The summed E-state index contributed by atoms with van der Waals surface area (Å²) in [6, 6.07) is 0. The summed E-state index contributed by atoms with van der Waals surface area (Å²) in [5, 5.41) is 2.95. The molecule has 1 unspecified atom stereocenters. The molecule has 0 aromatic heterocycles. The van der Waals surface area contributed by atoms with E-state index in [1.54, 1.807) is 6.20 Å². The number of carbonyl (C=O) groups is 1. The van der Waals surface area contributed by atoms with Crippen LogP contribution in [0.2, 0.25) is 0 Å². The second kappa shape index (κ2) is 5.88. The maximum absolute atomic E-state index is 11.2. The van der Waals surface area contributed by atoms with Gasteiger partial charge in [0.15, 0.2) is 6.34 Å². The largest absolute Gasteiger partial charge is 1.00 e. The van der Waals surface area contributed by atoms with Crippen molar-refractivity contribution in [1.29, 1.82) is 0 Å². The lowest BCUT2D eigenvalue weighted by molar-refractivity contribution is -0.736. The van der Waals surface area contributed by atoms with E-state index in [4.69, 9.17) is 0 Å². The standard InChI is InChI=1S/C10H15N3O.ClH/c14-10(9-2-3-9)12-4-1-6-13-7-5-11-8-13;/h5,7-9H,1-4,6H2,(H,12,14);1H. The molecule has 0 aromatic rings. The van der Waals surface area contributed by atoms with Crippen LogP contribution in [0.4, 0.5) is 0 Å².